The Morgan fingerprint density at radius 2 is 1.94 bits per heavy atom. The molecule has 3 N–H and O–H groups in total. The number of hydrogen-bond acceptors (Lipinski definition) is 7. The predicted molar refractivity (Wildman–Crippen MR) is 135 cm³/mol. The van der Waals surface area contributed by atoms with Crippen molar-refractivity contribution in [2.24, 2.45) is 0 Å². The molecule has 1 amide bonds. The number of nitrogens with one attached hydrogen (secondary N) is 3. The van der Waals surface area contributed by atoms with Gasteiger partial charge in [-0.05, 0) is 44.9 Å². The first-order valence-corrected chi connectivity index (χ1v) is 12.3. The number of rotatable bonds is 6. The minimum absolute atomic E-state index is 0.0542. The number of aromatic nitrogens is 4. The van der Waals surface area contributed by atoms with Crippen molar-refractivity contribution < 1.29 is 4.79 Å². The highest BCUT2D eigenvalue weighted by atomic mass is 16.2. The van der Waals surface area contributed by atoms with Gasteiger partial charge >= 0.3 is 0 Å². The Balaban J connectivity index is 1.43. The fourth-order valence-corrected chi connectivity index (χ4v) is 5.54. The van der Waals surface area contributed by atoms with Crippen LogP contribution in [0.3, 0.4) is 0 Å². The molecule has 3 unspecified atom stereocenters. The second-order valence-corrected chi connectivity index (χ2v) is 9.75. The number of amides is 1. The lowest BCUT2D eigenvalue weighted by Crippen LogP contribution is -2.54. The summed E-state index contributed by atoms with van der Waals surface area (Å²) in [5, 5.41) is 10.8. The minimum Gasteiger partial charge on any atom is -0.367 e. The quantitative estimate of drug-likeness (QED) is 0.516. The Morgan fingerprint density at radius 3 is 2.62 bits per heavy atom. The van der Waals surface area contributed by atoms with Gasteiger partial charge in [-0.15, -0.1) is 0 Å². The topological polar surface area (TPSA) is 100 Å². The number of nitrogens with zero attached hydrogens (tertiary/aromatic N) is 5. The number of hydrogen-bond donors (Lipinski definition) is 3. The standard InChI is InChI=1S/C25H34N8O/c1-5-9-25(6-2)15-28-23(34)20-10-18-11-27-24(31-22(18)33(20)25)30-21-8-7-19(12-26-21)32-13-16(3)29-17(4)14-32/h7-8,10-12,16-17,29H,5-6,9,13-15H2,1-4H3,(H,28,34)(H,26,27,30,31). The molecular formula is C25H34N8O. The lowest BCUT2D eigenvalue weighted by Gasteiger charge is -2.39. The average molecular weight is 463 g/mol. The number of pyridine rings is 1. The fourth-order valence-electron chi connectivity index (χ4n) is 5.54. The first kappa shape index (κ1) is 22.6. The summed E-state index contributed by atoms with van der Waals surface area (Å²) in [6, 6.07) is 6.84. The van der Waals surface area contributed by atoms with Crippen LogP contribution in [0.15, 0.2) is 30.6 Å². The highest BCUT2D eigenvalue weighted by molar-refractivity contribution is 5.99. The van der Waals surface area contributed by atoms with Gasteiger partial charge in [0, 0.05) is 43.3 Å². The number of fused-ring (bicyclic) bond motifs is 3. The number of anilines is 3. The highest BCUT2D eigenvalue weighted by Crippen LogP contribution is 2.35. The molecule has 5 heterocycles. The lowest BCUT2D eigenvalue weighted by atomic mass is 9.88. The van der Waals surface area contributed by atoms with E-state index >= 15 is 0 Å². The number of carbonyl (C=O) groups excluding carboxylic acids is 1. The molecule has 1 saturated heterocycles. The summed E-state index contributed by atoms with van der Waals surface area (Å²) in [4.78, 5) is 28.9. The molecule has 34 heavy (non-hydrogen) atoms. The van der Waals surface area contributed by atoms with Crippen molar-refractivity contribution in [2.45, 2.75) is 64.6 Å². The zero-order valence-electron chi connectivity index (χ0n) is 20.4. The van der Waals surface area contributed by atoms with Gasteiger partial charge in [-0.2, -0.15) is 4.98 Å². The summed E-state index contributed by atoms with van der Waals surface area (Å²) in [5.41, 5.74) is 2.38. The summed E-state index contributed by atoms with van der Waals surface area (Å²) in [6.45, 7) is 11.3. The number of carbonyl (C=O) groups is 1. The summed E-state index contributed by atoms with van der Waals surface area (Å²) < 4.78 is 2.14. The molecule has 2 aliphatic heterocycles. The third-order valence-corrected chi connectivity index (χ3v) is 7.11. The zero-order chi connectivity index (χ0) is 23.9. The maximum atomic E-state index is 12.6. The van der Waals surface area contributed by atoms with Crippen molar-refractivity contribution in [1.82, 2.24) is 30.2 Å². The third kappa shape index (κ3) is 3.98. The van der Waals surface area contributed by atoms with E-state index in [1.54, 1.807) is 6.20 Å². The molecule has 0 bridgehead atoms. The molecule has 5 rings (SSSR count). The maximum Gasteiger partial charge on any atom is 0.268 e. The smallest absolute Gasteiger partial charge is 0.268 e. The van der Waals surface area contributed by atoms with E-state index in [2.05, 4.69) is 69.1 Å². The van der Waals surface area contributed by atoms with Crippen molar-refractivity contribution in [3.8, 4) is 0 Å². The largest absolute Gasteiger partial charge is 0.367 e. The van der Waals surface area contributed by atoms with E-state index in [0.29, 0.717) is 36.1 Å². The number of piperazine rings is 1. The van der Waals surface area contributed by atoms with Crippen LogP contribution < -0.4 is 20.9 Å². The fraction of sp³-hybridized carbons (Fsp3) is 0.520. The van der Waals surface area contributed by atoms with Gasteiger partial charge in [0.2, 0.25) is 5.95 Å². The molecule has 3 atom stereocenters. The molecule has 3 aromatic heterocycles. The molecule has 9 heteroatoms. The van der Waals surface area contributed by atoms with Crippen molar-refractivity contribution in [3.05, 3.63) is 36.3 Å². The lowest BCUT2D eigenvalue weighted by molar-refractivity contribution is 0.0861. The highest BCUT2D eigenvalue weighted by Gasteiger charge is 2.39. The van der Waals surface area contributed by atoms with Crippen molar-refractivity contribution in [3.63, 3.8) is 0 Å². The molecular weight excluding hydrogens is 428 g/mol. The molecule has 0 spiro atoms. The monoisotopic (exact) mass is 462 g/mol. The normalized spacial score (nSPS) is 24.7. The van der Waals surface area contributed by atoms with Crippen LogP contribution in [0.25, 0.3) is 11.0 Å². The van der Waals surface area contributed by atoms with E-state index < -0.39 is 0 Å². The van der Waals surface area contributed by atoms with Crippen LogP contribution >= 0.6 is 0 Å². The Labute approximate surface area is 200 Å². The predicted octanol–water partition coefficient (Wildman–Crippen LogP) is 3.41. The van der Waals surface area contributed by atoms with Gasteiger partial charge in [-0.3, -0.25) is 4.79 Å². The van der Waals surface area contributed by atoms with Crippen molar-refractivity contribution in [1.29, 1.82) is 0 Å². The van der Waals surface area contributed by atoms with E-state index in [4.69, 9.17) is 4.98 Å². The molecule has 9 nitrogen and oxygen atoms in total. The molecule has 2 aliphatic rings. The summed E-state index contributed by atoms with van der Waals surface area (Å²) in [5.74, 6) is 1.12. The average Bonchev–Trinajstić information content (AvgIpc) is 3.21. The summed E-state index contributed by atoms with van der Waals surface area (Å²) in [7, 11) is 0. The Kier molecular flexibility index (Phi) is 5.89. The molecule has 0 aliphatic carbocycles. The first-order valence-electron chi connectivity index (χ1n) is 12.3. The van der Waals surface area contributed by atoms with Gasteiger partial charge in [-0.1, -0.05) is 20.3 Å². The van der Waals surface area contributed by atoms with E-state index in [1.165, 1.54) is 0 Å². The van der Waals surface area contributed by atoms with E-state index in [-0.39, 0.29) is 11.4 Å². The van der Waals surface area contributed by atoms with Gasteiger partial charge in [0.05, 0.1) is 17.4 Å². The minimum atomic E-state index is -0.178. The third-order valence-electron chi connectivity index (χ3n) is 7.11. The van der Waals surface area contributed by atoms with Gasteiger partial charge in [0.1, 0.15) is 17.2 Å². The van der Waals surface area contributed by atoms with Crippen LogP contribution in [0.2, 0.25) is 0 Å². The van der Waals surface area contributed by atoms with Crippen LogP contribution in [0.1, 0.15) is 57.4 Å². The van der Waals surface area contributed by atoms with Gasteiger partial charge in [0.15, 0.2) is 0 Å². The van der Waals surface area contributed by atoms with E-state index in [0.717, 1.165) is 49.1 Å². The second-order valence-electron chi connectivity index (χ2n) is 9.75. The van der Waals surface area contributed by atoms with Crippen LogP contribution in [-0.4, -0.2) is 57.1 Å². The van der Waals surface area contributed by atoms with Crippen LogP contribution in [0.4, 0.5) is 17.5 Å². The molecule has 0 aromatic carbocycles. The van der Waals surface area contributed by atoms with E-state index in [9.17, 15) is 4.79 Å². The maximum absolute atomic E-state index is 12.6. The second kappa shape index (κ2) is 8.87. The molecule has 0 radical (unpaired) electrons. The molecule has 3 aromatic rings. The Bertz CT molecular complexity index is 1180. The van der Waals surface area contributed by atoms with Crippen LogP contribution in [0, 0.1) is 0 Å². The van der Waals surface area contributed by atoms with Crippen LogP contribution in [0.5, 0.6) is 0 Å². The van der Waals surface area contributed by atoms with Crippen molar-refractivity contribution >= 4 is 34.4 Å². The first-order chi connectivity index (χ1) is 16.4. The van der Waals surface area contributed by atoms with Gasteiger partial charge < -0.3 is 25.4 Å². The van der Waals surface area contributed by atoms with Crippen LogP contribution in [-0.2, 0) is 5.54 Å². The molecule has 1 fully saturated rings. The Morgan fingerprint density at radius 1 is 1.15 bits per heavy atom. The zero-order valence-corrected chi connectivity index (χ0v) is 20.4. The van der Waals surface area contributed by atoms with E-state index in [1.807, 2.05) is 18.3 Å². The van der Waals surface area contributed by atoms with Gasteiger partial charge in [-0.25, -0.2) is 9.97 Å². The van der Waals surface area contributed by atoms with Crippen molar-refractivity contribution in [2.75, 3.05) is 29.9 Å². The SMILES string of the molecule is CCCC1(CC)CNC(=O)c2cc3cnc(Nc4ccc(N5CC(C)NC(C)C5)cn4)nc3n21. The Hall–Kier alpha value is -3.20. The molecule has 0 saturated carbocycles. The summed E-state index contributed by atoms with van der Waals surface area (Å²) in [6.07, 6.45) is 6.60. The molecule has 180 valence electrons. The van der Waals surface area contributed by atoms with Gasteiger partial charge in [0.25, 0.3) is 5.91 Å². The summed E-state index contributed by atoms with van der Waals surface area (Å²) >= 11 is 0.